The molecule has 0 unspecified atom stereocenters. The monoisotopic (exact) mass is 273 g/mol. The number of rotatable bonds is 4. The fourth-order valence-corrected chi connectivity index (χ4v) is 1.90. The normalized spacial score (nSPS) is 11.6. The van der Waals surface area contributed by atoms with E-state index < -0.39 is 5.97 Å². The van der Waals surface area contributed by atoms with Gasteiger partial charge in [0.05, 0.1) is 12.1 Å². The molecule has 0 aliphatic rings. The molecule has 0 fully saturated rings. The van der Waals surface area contributed by atoms with Gasteiger partial charge in [0.2, 0.25) is 5.89 Å². The number of aromatic nitrogens is 1. The lowest BCUT2D eigenvalue weighted by Gasteiger charge is -2.18. The van der Waals surface area contributed by atoms with E-state index in [4.69, 9.17) is 9.52 Å². The first kappa shape index (κ1) is 14.3. The molecule has 0 bridgehead atoms. The van der Waals surface area contributed by atoms with Gasteiger partial charge in [0.1, 0.15) is 6.26 Å². The first-order valence-corrected chi connectivity index (χ1v) is 6.63. The Kier molecular flexibility index (Phi) is 3.93. The van der Waals surface area contributed by atoms with Crippen LogP contribution >= 0.6 is 0 Å². The summed E-state index contributed by atoms with van der Waals surface area (Å²) in [7, 11) is 0. The van der Waals surface area contributed by atoms with Gasteiger partial charge < -0.3 is 9.52 Å². The van der Waals surface area contributed by atoms with Gasteiger partial charge in [-0.3, -0.25) is 4.79 Å². The maximum Gasteiger partial charge on any atom is 0.303 e. The zero-order valence-corrected chi connectivity index (χ0v) is 12.0. The minimum absolute atomic E-state index is 0.0644. The zero-order valence-electron chi connectivity index (χ0n) is 12.0. The van der Waals surface area contributed by atoms with E-state index in [0.717, 1.165) is 5.56 Å². The average molecular weight is 273 g/mol. The highest BCUT2D eigenvalue weighted by Gasteiger charge is 2.14. The van der Waals surface area contributed by atoms with Crippen molar-refractivity contribution in [2.75, 3.05) is 0 Å². The smallest absolute Gasteiger partial charge is 0.303 e. The van der Waals surface area contributed by atoms with Crippen molar-refractivity contribution in [2.45, 2.75) is 39.0 Å². The van der Waals surface area contributed by atoms with E-state index in [9.17, 15) is 4.79 Å². The third-order valence-electron chi connectivity index (χ3n) is 3.14. The van der Waals surface area contributed by atoms with E-state index in [1.165, 1.54) is 11.8 Å². The predicted octanol–water partition coefficient (Wildman–Crippen LogP) is 3.66. The number of oxazole rings is 1. The van der Waals surface area contributed by atoms with E-state index in [1.54, 1.807) is 0 Å². The maximum atomic E-state index is 10.5. The standard InChI is InChI=1S/C16H19NO3/c1-16(2,3)12-6-4-11(5-7-12)15-17-13(10-20-15)8-9-14(18)19/h4-7,10H,8-9H2,1-3H3,(H,18,19). The molecule has 4 heteroatoms. The number of aliphatic carboxylic acids is 1. The van der Waals surface area contributed by atoms with Crippen LogP contribution in [-0.4, -0.2) is 16.1 Å². The molecule has 1 heterocycles. The Morgan fingerprint density at radius 3 is 2.45 bits per heavy atom. The Morgan fingerprint density at radius 1 is 1.25 bits per heavy atom. The summed E-state index contributed by atoms with van der Waals surface area (Å²) in [4.78, 5) is 14.8. The first-order valence-electron chi connectivity index (χ1n) is 6.63. The van der Waals surface area contributed by atoms with Crippen LogP contribution in [0.3, 0.4) is 0 Å². The zero-order chi connectivity index (χ0) is 14.8. The van der Waals surface area contributed by atoms with Crippen LogP contribution in [-0.2, 0) is 16.6 Å². The Morgan fingerprint density at radius 2 is 1.90 bits per heavy atom. The topological polar surface area (TPSA) is 63.3 Å². The SMILES string of the molecule is CC(C)(C)c1ccc(-c2nc(CCC(=O)O)co2)cc1. The molecule has 0 aliphatic heterocycles. The highest BCUT2D eigenvalue weighted by molar-refractivity contribution is 5.67. The molecule has 2 rings (SSSR count). The highest BCUT2D eigenvalue weighted by Crippen LogP contribution is 2.25. The van der Waals surface area contributed by atoms with Crippen LogP contribution in [0.2, 0.25) is 0 Å². The molecule has 20 heavy (non-hydrogen) atoms. The van der Waals surface area contributed by atoms with Gasteiger partial charge >= 0.3 is 5.97 Å². The van der Waals surface area contributed by atoms with Crippen LogP contribution in [0.4, 0.5) is 0 Å². The summed E-state index contributed by atoms with van der Waals surface area (Å²) in [5.41, 5.74) is 2.93. The second kappa shape index (κ2) is 5.49. The number of hydrogen-bond donors (Lipinski definition) is 1. The van der Waals surface area contributed by atoms with Gasteiger partial charge in [-0.25, -0.2) is 4.98 Å². The maximum absolute atomic E-state index is 10.5. The summed E-state index contributed by atoms with van der Waals surface area (Å²) in [5.74, 6) is -0.296. The third kappa shape index (κ3) is 3.47. The van der Waals surface area contributed by atoms with E-state index in [-0.39, 0.29) is 11.8 Å². The fraction of sp³-hybridized carbons (Fsp3) is 0.375. The van der Waals surface area contributed by atoms with Gasteiger partial charge in [0.25, 0.3) is 0 Å². The van der Waals surface area contributed by atoms with Crippen molar-refractivity contribution < 1.29 is 14.3 Å². The number of hydrogen-bond acceptors (Lipinski definition) is 3. The molecule has 4 nitrogen and oxygen atoms in total. The molecule has 0 radical (unpaired) electrons. The van der Waals surface area contributed by atoms with Crippen molar-refractivity contribution in [1.82, 2.24) is 4.98 Å². The van der Waals surface area contributed by atoms with Gasteiger partial charge in [-0.15, -0.1) is 0 Å². The molecule has 1 N–H and O–H groups in total. The van der Waals surface area contributed by atoms with Crippen molar-refractivity contribution in [3.63, 3.8) is 0 Å². The molecular weight excluding hydrogens is 254 g/mol. The van der Waals surface area contributed by atoms with Gasteiger partial charge in [-0.1, -0.05) is 32.9 Å². The number of benzene rings is 1. The predicted molar refractivity (Wildman–Crippen MR) is 76.6 cm³/mol. The van der Waals surface area contributed by atoms with Crippen molar-refractivity contribution >= 4 is 5.97 Å². The van der Waals surface area contributed by atoms with Gasteiger partial charge in [0, 0.05) is 12.0 Å². The summed E-state index contributed by atoms with van der Waals surface area (Å²) in [5, 5.41) is 8.65. The molecule has 0 amide bonds. The molecule has 0 saturated carbocycles. The molecule has 2 aromatic rings. The lowest BCUT2D eigenvalue weighted by atomic mass is 9.87. The minimum atomic E-state index is -0.830. The molecule has 1 aromatic heterocycles. The summed E-state index contributed by atoms with van der Waals surface area (Å²) >= 11 is 0. The number of carboxylic acids is 1. The van der Waals surface area contributed by atoms with Gasteiger partial charge in [-0.2, -0.15) is 0 Å². The van der Waals surface area contributed by atoms with E-state index >= 15 is 0 Å². The second-order valence-corrected chi connectivity index (χ2v) is 5.87. The third-order valence-corrected chi connectivity index (χ3v) is 3.14. The van der Waals surface area contributed by atoms with Crippen molar-refractivity contribution in [2.24, 2.45) is 0 Å². The van der Waals surface area contributed by atoms with Gasteiger partial charge in [0.15, 0.2) is 0 Å². The van der Waals surface area contributed by atoms with Crippen LogP contribution in [0.15, 0.2) is 34.9 Å². The van der Waals surface area contributed by atoms with Crippen molar-refractivity contribution in [3.8, 4) is 11.5 Å². The van der Waals surface area contributed by atoms with Crippen molar-refractivity contribution in [3.05, 3.63) is 41.8 Å². The highest BCUT2D eigenvalue weighted by atomic mass is 16.4. The second-order valence-electron chi connectivity index (χ2n) is 5.87. The van der Waals surface area contributed by atoms with E-state index in [1.807, 2.05) is 12.1 Å². The summed E-state index contributed by atoms with van der Waals surface area (Å²) in [6, 6.07) is 8.09. The molecule has 0 saturated heterocycles. The molecule has 0 atom stereocenters. The van der Waals surface area contributed by atoms with Gasteiger partial charge in [-0.05, 0) is 23.1 Å². The fourth-order valence-electron chi connectivity index (χ4n) is 1.90. The van der Waals surface area contributed by atoms with Crippen LogP contribution in [0.5, 0.6) is 0 Å². The Hall–Kier alpha value is -2.10. The molecule has 0 aliphatic carbocycles. The summed E-state index contributed by atoms with van der Waals surface area (Å²) in [6.45, 7) is 6.49. The Labute approximate surface area is 118 Å². The number of carbonyl (C=O) groups is 1. The van der Waals surface area contributed by atoms with Crippen molar-refractivity contribution in [1.29, 1.82) is 0 Å². The van der Waals surface area contributed by atoms with Crippen LogP contribution in [0.1, 0.15) is 38.4 Å². The number of carboxylic acid groups (broad SMARTS) is 1. The summed E-state index contributed by atoms with van der Waals surface area (Å²) < 4.78 is 5.40. The Balaban J connectivity index is 2.14. The molecule has 1 aromatic carbocycles. The molecular formula is C16H19NO3. The number of nitrogens with zero attached hydrogens (tertiary/aromatic N) is 1. The van der Waals surface area contributed by atoms with E-state index in [0.29, 0.717) is 18.0 Å². The first-order chi connectivity index (χ1) is 9.36. The minimum Gasteiger partial charge on any atom is -0.481 e. The lowest BCUT2D eigenvalue weighted by Crippen LogP contribution is -2.10. The molecule has 106 valence electrons. The number of aryl methyl sites for hydroxylation is 1. The summed E-state index contributed by atoms with van der Waals surface area (Å²) in [6.07, 6.45) is 1.98. The quantitative estimate of drug-likeness (QED) is 0.923. The van der Waals surface area contributed by atoms with Crippen LogP contribution in [0, 0.1) is 0 Å². The molecule has 0 spiro atoms. The van der Waals surface area contributed by atoms with Crippen LogP contribution < -0.4 is 0 Å². The Bertz CT molecular complexity index is 591. The van der Waals surface area contributed by atoms with E-state index in [2.05, 4.69) is 37.9 Å². The largest absolute Gasteiger partial charge is 0.481 e. The average Bonchev–Trinajstić information content (AvgIpc) is 2.84. The van der Waals surface area contributed by atoms with Crippen LogP contribution in [0.25, 0.3) is 11.5 Å². The lowest BCUT2D eigenvalue weighted by molar-refractivity contribution is -0.136.